The molecule has 1 aromatic rings. The first-order chi connectivity index (χ1) is 9.15. The molecule has 19 heavy (non-hydrogen) atoms. The Morgan fingerprint density at radius 1 is 1.21 bits per heavy atom. The van der Waals surface area contributed by atoms with E-state index in [9.17, 15) is 9.59 Å². The Bertz CT molecular complexity index is 523. The van der Waals surface area contributed by atoms with Crippen LogP contribution in [0.4, 0.5) is 0 Å². The number of carboxylic acids is 1. The highest BCUT2D eigenvalue weighted by Gasteiger charge is 2.38. The van der Waals surface area contributed by atoms with Crippen molar-refractivity contribution in [2.24, 2.45) is 5.92 Å². The molecule has 5 heteroatoms. The average molecular weight is 260 g/mol. The van der Waals surface area contributed by atoms with Crippen molar-refractivity contribution in [2.75, 3.05) is 13.1 Å². The van der Waals surface area contributed by atoms with Crippen molar-refractivity contribution in [3.63, 3.8) is 0 Å². The molecule has 0 unspecified atom stereocenters. The second kappa shape index (κ2) is 4.66. The van der Waals surface area contributed by atoms with Gasteiger partial charge in [-0.15, -0.1) is 0 Å². The average Bonchev–Trinajstić information content (AvgIpc) is 2.35. The molecule has 0 radical (unpaired) electrons. The first kappa shape index (κ1) is 12.2. The maximum Gasteiger partial charge on any atom is 0.310 e. The van der Waals surface area contributed by atoms with Crippen molar-refractivity contribution in [1.29, 1.82) is 0 Å². The molecule has 2 aliphatic heterocycles. The van der Waals surface area contributed by atoms with E-state index in [-0.39, 0.29) is 17.9 Å². The van der Waals surface area contributed by atoms with E-state index in [0.717, 1.165) is 0 Å². The minimum Gasteiger partial charge on any atom is -0.481 e. The summed E-state index contributed by atoms with van der Waals surface area (Å²) in [7, 11) is 0. The molecule has 0 spiro atoms. The van der Waals surface area contributed by atoms with Gasteiger partial charge < -0.3 is 15.3 Å². The molecule has 2 N–H and O–H groups in total. The Morgan fingerprint density at radius 2 is 1.89 bits per heavy atom. The van der Waals surface area contributed by atoms with Crippen LogP contribution in [0.25, 0.3) is 0 Å². The smallest absolute Gasteiger partial charge is 0.310 e. The lowest BCUT2D eigenvalue weighted by molar-refractivity contribution is -0.153. The van der Waals surface area contributed by atoms with Crippen molar-refractivity contribution in [3.8, 4) is 0 Å². The summed E-state index contributed by atoms with van der Waals surface area (Å²) in [5.41, 5.74) is 2.44. The fourth-order valence-electron chi connectivity index (χ4n) is 2.66. The Kier molecular flexibility index (Phi) is 2.98. The Balaban J connectivity index is 1.63. The number of carboxylic acid groups (broad SMARTS) is 1. The molecular formula is C14H16N2O3. The summed E-state index contributed by atoms with van der Waals surface area (Å²) in [5.74, 6) is -1.18. The van der Waals surface area contributed by atoms with Crippen LogP contribution < -0.4 is 5.32 Å². The largest absolute Gasteiger partial charge is 0.481 e. The lowest BCUT2D eigenvalue weighted by Gasteiger charge is -2.39. The number of amides is 1. The number of rotatable bonds is 2. The van der Waals surface area contributed by atoms with E-state index in [0.29, 0.717) is 26.1 Å². The standard InChI is InChI=1S/C14H16N2O3/c17-13(16-7-11(8-16)14(18)19)12-5-9-3-1-2-4-10(9)6-15-12/h1-4,11-12,15H,5-8H2,(H,18,19)/t12-/m0/s1. The van der Waals surface area contributed by atoms with E-state index >= 15 is 0 Å². The Morgan fingerprint density at radius 3 is 2.58 bits per heavy atom. The third-order valence-electron chi connectivity index (χ3n) is 3.92. The highest BCUT2D eigenvalue weighted by molar-refractivity contribution is 5.85. The van der Waals surface area contributed by atoms with Gasteiger partial charge in [-0.3, -0.25) is 9.59 Å². The number of fused-ring (bicyclic) bond motifs is 1. The summed E-state index contributed by atoms with van der Waals surface area (Å²) in [6.45, 7) is 1.38. The topological polar surface area (TPSA) is 69.6 Å². The second-order valence-electron chi connectivity index (χ2n) is 5.18. The van der Waals surface area contributed by atoms with Gasteiger partial charge in [-0.1, -0.05) is 24.3 Å². The summed E-state index contributed by atoms with van der Waals surface area (Å²) in [4.78, 5) is 24.6. The maximum atomic E-state index is 12.2. The van der Waals surface area contributed by atoms with Crippen molar-refractivity contribution < 1.29 is 14.7 Å². The molecular weight excluding hydrogens is 244 g/mol. The fraction of sp³-hybridized carbons (Fsp3) is 0.429. The monoisotopic (exact) mass is 260 g/mol. The Hall–Kier alpha value is -1.88. The number of hydrogen-bond donors (Lipinski definition) is 2. The number of hydrogen-bond acceptors (Lipinski definition) is 3. The van der Waals surface area contributed by atoms with Crippen LogP contribution in [-0.4, -0.2) is 41.0 Å². The van der Waals surface area contributed by atoms with E-state index in [1.54, 1.807) is 4.90 Å². The van der Waals surface area contributed by atoms with Gasteiger partial charge in [0.2, 0.25) is 5.91 Å². The normalized spacial score (nSPS) is 22.5. The lowest BCUT2D eigenvalue weighted by Crippen LogP contribution is -2.59. The molecule has 1 amide bonds. The number of carbonyl (C=O) groups is 2. The van der Waals surface area contributed by atoms with Gasteiger partial charge in [-0.2, -0.15) is 0 Å². The number of benzene rings is 1. The third kappa shape index (κ3) is 2.21. The molecule has 3 rings (SSSR count). The van der Waals surface area contributed by atoms with Crippen molar-refractivity contribution in [3.05, 3.63) is 35.4 Å². The molecule has 0 bridgehead atoms. The molecule has 1 aromatic carbocycles. The quantitative estimate of drug-likeness (QED) is 0.799. The minimum atomic E-state index is -0.814. The molecule has 0 saturated carbocycles. The molecule has 100 valence electrons. The summed E-state index contributed by atoms with van der Waals surface area (Å²) in [6, 6.07) is 7.87. The highest BCUT2D eigenvalue weighted by Crippen LogP contribution is 2.21. The number of likely N-dealkylation sites (tertiary alicyclic amines) is 1. The molecule has 2 aliphatic rings. The highest BCUT2D eigenvalue weighted by atomic mass is 16.4. The van der Waals surface area contributed by atoms with Gasteiger partial charge in [0.15, 0.2) is 0 Å². The zero-order valence-corrected chi connectivity index (χ0v) is 10.5. The van der Waals surface area contributed by atoms with E-state index in [2.05, 4.69) is 11.4 Å². The van der Waals surface area contributed by atoms with Crippen LogP contribution in [0.3, 0.4) is 0 Å². The molecule has 1 atom stereocenters. The van der Waals surface area contributed by atoms with Crippen molar-refractivity contribution >= 4 is 11.9 Å². The SMILES string of the molecule is O=C(O)C1CN(C(=O)[C@@H]2Cc3ccccc3CN2)C1. The summed E-state index contributed by atoms with van der Waals surface area (Å²) >= 11 is 0. The van der Waals surface area contributed by atoms with E-state index < -0.39 is 5.97 Å². The van der Waals surface area contributed by atoms with E-state index in [1.165, 1.54) is 11.1 Å². The molecule has 2 heterocycles. The van der Waals surface area contributed by atoms with Gasteiger partial charge >= 0.3 is 5.97 Å². The zero-order chi connectivity index (χ0) is 13.4. The Labute approximate surface area is 111 Å². The predicted molar refractivity (Wildman–Crippen MR) is 68.5 cm³/mol. The first-order valence-electron chi connectivity index (χ1n) is 6.47. The zero-order valence-electron chi connectivity index (χ0n) is 10.5. The lowest BCUT2D eigenvalue weighted by atomic mass is 9.93. The van der Waals surface area contributed by atoms with Crippen LogP contribution in [0.2, 0.25) is 0 Å². The molecule has 1 saturated heterocycles. The van der Waals surface area contributed by atoms with Crippen LogP contribution in [0.1, 0.15) is 11.1 Å². The van der Waals surface area contributed by atoms with Crippen LogP contribution >= 0.6 is 0 Å². The van der Waals surface area contributed by atoms with Gasteiger partial charge in [0.05, 0.1) is 12.0 Å². The summed E-state index contributed by atoms with van der Waals surface area (Å²) in [5, 5.41) is 12.0. The fourth-order valence-corrected chi connectivity index (χ4v) is 2.66. The van der Waals surface area contributed by atoms with Gasteiger partial charge in [-0.25, -0.2) is 0 Å². The van der Waals surface area contributed by atoms with Gasteiger partial charge in [0.1, 0.15) is 0 Å². The maximum absolute atomic E-state index is 12.2. The number of aliphatic carboxylic acids is 1. The van der Waals surface area contributed by atoms with Crippen molar-refractivity contribution in [1.82, 2.24) is 10.2 Å². The number of carbonyl (C=O) groups excluding carboxylic acids is 1. The van der Waals surface area contributed by atoms with Crippen LogP contribution in [0.15, 0.2) is 24.3 Å². The predicted octanol–water partition coefficient (Wildman–Crippen LogP) is 0.244. The number of nitrogens with one attached hydrogen (secondary N) is 1. The van der Waals surface area contributed by atoms with Crippen LogP contribution in [0, 0.1) is 5.92 Å². The van der Waals surface area contributed by atoms with Gasteiger partial charge in [-0.05, 0) is 17.5 Å². The minimum absolute atomic E-state index is 0.0204. The van der Waals surface area contributed by atoms with Gasteiger partial charge in [0.25, 0.3) is 0 Å². The first-order valence-corrected chi connectivity index (χ1v) is 6.47. The summed E-state index contributed by atoms with van der Waals surface area (Å²) in [6.07, 6.45) is 0.684. The van der Waals surface area contributed by atoms with Crippen LogP contribution in [-0.2, 0) is 22.6 Å². The second-order valence-corrected chi connectivity index (χ2v) is 5.18. The van der Waals surface area contributed by atoms with E-state index in [1.807, 2.05) is 18.2 Å². The molecule has 5 nitrogen and oxygen atoms in total. The number of nitrogens with zero attached hydrogens (tertiary/aromatic N) is 1. The molecule has 0 aliphatic carbocycles. The van der Waals surface area contributed by atoms with Gasteiger partial charge in [0, 0.05) is 19.6 Å². The molecule has 1 fully saturated rings. The summed E-state index contributed by atoms with van der Waals surface area (Å²) < 4.78 is 0. The third-order valence-corrected chi connectivity index (χ3v) is 3.92. The molecule has 0 aromatic heterocycles. The van der Waals surface area contributed by atoms with Crippen LogP contribution in [0.5, 0.6) is 0 Å². The van der Waals surface area contributed by atoms with Crippen molar-refractivity contribution in [2.45, 2.75) is 19.0 Å². The van der Waals surface area contributed by atoms with E-state index in [4.69, 9.17) is 5.11 Å².